The lowest BCUT2D eigenvalue weighted by Crippen LogP contribution is -2.58. The molecule has 3 rings (SSSR count). The molecule has 2 aromatic rings. The minimum atomic E-state index is -0.488. The average Bonchev–Trinajstić information content (AvgIpc) is 2.51. The number of hydrogen-bond acceptors (Lipinski definition) is 2. The number of benzene rings is 2. The molecule has 1 amide bonds. The zero-order valence-electron chi connectivity index (χ0n) is 11.0. The number of para-hydroxylation sites is 1. The van der Waals surface area contributed by atoms with E-state index in [9.17, 15) is 4.79 Å². The summed E-state index contributed by atoms with van der Waals surface area (Å²) in [6.45, 7) is 3.70. The van der Waals surface area contributed by atoms with E-state index in [-0.39, 0.29) is 11.9 Å². The molecule has 1 aliphatic heterocycles. The second-order valence-electron chi connectivity index (χ2n) is 4.64. The van der Waals surface area contributed by atoms with E-state index >= 15 is 0 Å². The molecule has 1 heterocycles. The first kappa shape index (κ1) is 12.5. The molecule has 2 aromatic carbocycles. The standard InChI is InChI=1S/C17H15NO2/c1-2-18-15(13-9-5-3-6-10-13)16(17(18)19)20-14-11-7-4-8-12-14/h2-12,15-16H,1H2/t15-,16-/m1/s1. The minimum Gasteiger partial charge on any atom is -0.478 e. The summed E-state index contributed by atoms with van der Waals surface area (Å²) >= 11 is 0. The molecule has 100 valence electrons. The zero-order chi connectivity index (χ0) is 13.9. The van der Waals surface area contributed by atoms with Crippen molar-refractivity contribution in [2.45, 2.75) is 12.1 Å². The number of β-lactam (4-membered cyclic amide) rings is 1. The van der Waals surface area contributed by atoms with Crippen LogP contribution in [0.4, 0.5) is 0 Å². The summed E-state index contributed by atoms with van der Waals surface area (Å²) in [5, 5.41) is 0. The number of carbonyl (C=O) groups excluding carboxylic acids is 1. The molecule has 0 aliphatic carbocycles. The van der Waals surface area contributed by atoms with Gasteiger partial charge in [-0.2, -0.15) is 0 Å². The molecule has 0 bridgehead atoms. The smallest absolute Gasteiger partial charge is 0.270 e. The van der Waals surface area contributed by atoms with Gasteiger partial charge in [-0.25, -0.2) is 0 Å². The monoisotopic (exact) mass is 265 g/mol. The van der Waals surface area contributed by atoms with Gasteiger partial charge in [0.1, 0.15) is 11.8 Å². The molecule has 20 heavy (non-hydrogen) atoms. The Morgan fingerprint density at radius 2 is 1.60 bits per heavy atom. The van der Waals surface area contributed by atoms with Crippen LogP contribution in [0.3, 0.4) is 0 Å². The molecule has 1 saturated heterocycles. The van der Waals surface area contributed by atoms with Crippen molar-refractivity contribution in [1.29, 1.82) is 0 Å². The second-order valence-corrected chi connectivity index (χ2v) is 4.64. The normalized spacial score (nSPS) is 21.2. The van der Waals surface area contributed by atoms with Gasteiger partial charge in [0.2, 0.25) is 6.10 Å². The quantitative estimate of drug-likeness (QED) is 0.795. The largest absolute Gasteiger partial charge is 0.478 e. The van der Waals surface area contributed by atoms with Crippen LogP contribution in [0.1, 0.15) is 11.6 Å². The van der Waals surface area contributed by atoms with Crippen LogP contribution in [-0.4, -0.2) is 16.9 Å². The molecule has 3 heteroatoms. The maximum absolute atomic E-state index is 12.1. The Hall–Kier alpha value is -2.55. The predicted octanol–water partition coefficient (Wildman–Crippen LogP) is 3.16. The van der Waals surface area contributed by atoms with Gasteiger partial charge in [0.15, 0.2) is 0 Å². The number of nitrogens with zero attached hydrogens (tertiary/aromatic N) is 1. The van der Waals surface area contributed by atoms with E-state index in [1.807, 2.05) is 60.7 Å². The Morgan fingerprint density at radius 1 is 1.00 bits per heavy atom. The molecular formula is C17H15NO2. The highest BCUT2D eigenvalue weighted by atomic mass is 16.5. The van der Waals surface area contributed by atoms with Gasteiger partial charge in [-0.15, -0.1) is 0 Å². The molecule has 2 atom stereocenters. The number of amides is 1. The van der Waals surface area contributed by atoms with Gasteiger partial charge in [0.25, 0.3) is 5.91 Å². The highest BCUT2D eigenvalue weighted by Crippen LogP contribution is 2.37. The van der Waals surface area contributed by atoms with Gasteiger partial charge in [-0.3, -0.25) is 4.79 Å². The Morgan fingerprint density at radius 3 is 2.20 bits per heavy atom. The highest BCUT2D eigenvalue weighted by molar-refractivity contribution is 5.90. The van der Waals surface area contributed by atoms with Crippen LogP contribution in [0, 0.1) is 0 Å². The number of rotatable bonds is 4. The van der Waals surface area contributed by atoms with Crippen LogP contribution in [0.2, 0.25) is 0 Å². The maximum atomic E-state index is 12.1. The highest BCUT2D eigenvalue weighted by Gasteiger charge is 2.48. The lowest BCUT2D eigenvalue weighted by atomic mass is 9.91. The summed E-state index contributed by atoms with van der Waals surface area (Å²) in [7, 11) is 0. The third-order valence-electron chi connectivity index (χ3n) is 3.43. The molecule has 0 saturated carbocycles. The molecule has 0 spiro atoms. The van der Waals surface area contributed by atoms with Gasteiger partial charge in [0, 0.05) is 6.20 Å². The Kier molecular flexibility index (Phi) is 3.25. The third-order valence-corrected chi connectivity index (χ3v) is 3.43. The predicted molar refractivity (Wildman–Crippen MR) is 77.1 cm³/mol. The maximum Gasteiger partial charge on any atom is 0.270 e. The van der Waals surface area contributed by atoms with E-state index in [0.717, 1.165) is 5.56 Å². The molecule has 0 unspecified atom stereocenters. The summed E-state index contributed by atoms with van der Waals surface area (Å²) in [6.07, 6.45) is 1.07. The third kappa shape index (κ3) is 2.07. The fraction of sp³-hybridized carbons (Fsp3) is 0.118. The first-order valence-electron chi connectivity index (χ1n) is 6.52. The summed E-state index contributed by atoms with van der Waals surface area (Å²) in [6, 6.07) is 19.2. The van der Waals surface area contributed by atoms with Crippen LogP contribution in [0.5, 0.6) is 5.75 Å². The number of hydrogen-bond donors (Lipinski definition) is 0. The van der Waals surface area contributed by atoms with Crippen LogP contribution in [0.25, 0.3) is 0 Å². The van der Waals surface area contributed by atoms with Crippen molar-refractivity contribution in [3.63, 3.8) is 0 Å². The minimum absolute atomic E-state index is 0.0577. The summed E-state index contributed by atoms with van der Waals surface area (Å²) in [5.41, 5.74) is 1.05. The number of likely N-dealkylation sites (tertiary alicyclic amines) is 1. The summed E-state index contributed by atoms with van der Waals surface area (Å²) < 4.78 is 5.82. The SMILES string of the molecule is C=CN1C(=O)[C@H](Oc2ccccc2)[C@H]1c1ccccc1. The van der Waals surface area contributed by atoms with Gasteiger partial charge >= 0.3 is 0 Å². The Balaban J connectivity index is 1.86. The number of ether oxygens (including phenoxy) is 1. The number of carbonyl (C=O) groups is 1. The van der Waals surface area contributed by atoms with Gasteiger partial charge in [-0.1, -0.05) is 55.1 Å². The van der Waals surface area contributed by atoms with E-state index in [4.69, 9.17) is 4.74 Å². The van der Waals surface area contributed by atoms with Crippen molar-refractivity contribution in [2.24, 2.45) is 0 Å². The van der Waals surface area contributed by atoms with Gasteiger partial charge < -0.3 is 9.64 Å². The van der Waals surface area contributed by atoms with Crippen molar-refractivity contribution >= 4 is 5.91 Å². The van der Waals surface area contributed by atoms with E-state index < -0.39 is 6.10 Å². The molecule has 0 aromatic heterocycles. The summed E-state index contributed by atoms with van der Waals surface area (Å²) in [4.78, 5) is 13.7. The van der Waals surface area contributed by atoms with Crippen molar-refractivity contribution in [1.82, 2.24) is 4.90 Å². The molecule has 1 aliphatic rings. The Bertz CT molecular complexity index is 609. The van der Waals surface area contributed by atoms with Gasteiger partial charge in [-0.05, 0) is 17.7 Å². The first-order valence-corrected chi connectivity index (χ1v) is 6.52. The molecule has 0 N–H and O–H groups in total. The van der Waals surface area contributed by atoms with Crippen LogP contribution < -0.4 is 4.74 Å². The molecule has 0 radical (unpaired) electrons. The van der Waals surface area contributed by atoms with Gasteiger partial charge in [0.05, 0.1) is 0 Å². The van der Waals surface area contributed by atoms with Crippen molar-refractivity contribution < 1.29 is 9.53 Å². The lowest BCUT2D eigenvalue weighted by molar-refractivity contribution is -0.157. The van der Waals surface area contributed by atoms with E-state index in [1.165, 1.54) is 0 Å². The van der Waals surface area contributed by atoms with E-state index in [0.29, 0.717) is 5.75 Å². The molecular weight excluding hydrogens is 250 g/mol. The fourth-order valence-electron chi connectivity index (χ4n) is 2.43. The summed E-state index contributed by atoms with van der Waals surface area (Å²) in [5.74, 6) is 0.646. The van der Waals surface area contributed by atoms with Crippen LogP contribution in [0.15, 0.2) is 73.4 Å². The topological polar surface area (TPSA) is 29.5 Å². The van der Waals surface area contributed by atoms with Crippen molar-refractivity contribution in [3.05, 3.63) is 79.0 Å². The second kappa shape index (κ2) is 5.21. The van der Waals surface area contributed by atoms with Crippen LogP contribution >= 0.6 is 0 Å². The van der Waals surface area contributed by atoms with Crippen molar-refractivity contribution in [2.75, 3.05) is 0 Å². The van der Waals surface area contributed by atoms with Crippen LogP contribution in [-0.2, 0) is 4.79 Å². The molecule has 3 nitrogen and oxygen atoms in total. The van der Waals surface area contributed by atoms with E-state index in [2.05, 4.69) is 6.58 Å². The zero-order valence-corrected chi connectivity index (χ0v) is 11.0. The average molecular weight is 265 g/mol. The first-order chi connectivity index (χ1) is 9.81. The van der Waals surface area contributed by atoms with Crippen molar-refractivity contribution in [3.8, 4) is 5.75 Å². The molecule has 1 fully saturated rings. The fourth-order valence-corrected chi connectivity index (χ4v) is 2.43. The Labute approximate surface area is 118 Å². The lowest BCUT2D eigenvalue weighted by Gasteiger charge is -2.44. The van der Waals surface area contributed by atoms with E-state index in [1.54, 1.807) is 11.1 Å².